The Labute approximate surface area is 86.9 Å². The molecule has 0 aliphatic carbocycles. The molecule has 7 nitrogen and oxygen atoms in total. The van der Waals surface area contributed by atoms with E-state index >= 15 is 0 Å². The van der Waals surface area contributed by atoms with E-state index in [-0.39, 0.29) is 5.92 Å². The number of Topliss-reactive ketones (excluding diaryl/α,β-unsaturated/α-hetero) is 1. The van der Waals surface area contributed by atoms with Gasteiger partial charge in [0.15, 0.2) is 5.78 Å². The fraction of sp³-hybridized carbons (Fsp3) is 0.857. The average molecular weight is 240 g/mol. The van der Waals surface area contributed by atoms with Crippen LogP contribution in [0.3, 0.4) is 0 Å². The van der Waals surface area contributed by atoms with Gasteiger partial charge in [-0.15, -0.1) is 0 Å². The van der Waals surface area contributed by atoms with Crippen LogP contribution in [0.1, 0.15) is 13.8 Å². The zero-order chi connectivity index (χ0) is 12.2. The molecule has 15 heavy (non-hydrogen) atoms. The summed E-state index contributed by atoms with van der Waals surface area (Å²) in [5.41, 5.74) is 0. The maximum Gasteiger partial charge on any atom is 0.189 e. The molecule has 0 radical (unpaired) electrons. The van der Waals surface area contributed by atoms with Gasteiger partial charge in [0.2, 0.25) is 0 Å². The Kier molecular flexibility index (Phi) is 5.58. The Morgan fingerprint density at radius 2 is 1.87 bits per heavy atom. The smallest absolute Gasteiger partial charge is 0.189 e. The molecule has 0 bridgehead atoms. The van der Waals surface area contributed by atoms with E-state index in [4.69, 9.17) is 0 Å². The molecule has 2 atom stereocenters. The molecular formula is C7H13O7P-2. The molecule has 0 aromatic rings. The highest BCUT2D eigenvalue weighted by molar-refractivity contribution is 7.43. The Morgan fingerprint density at radius 3 is 2.20 bits per heavy atom. The third-order valence-corrected chi connectivity index (χ3v) is 2.15. The number of rotatable bonds is 6. The zero-order valence-electron chi connectivity index (χ0n) is 8.32. The van der Waals surface area contributed by atoms with Gasteiger partial charge >= 0.3 is 0 Å². The van der Waals surface area contributed by atoms with Gasteiger partial charge in [0, 0.05) is 0 Å². The minimum Gasteiger partial charge on any atom is -0.790 e. The molecule has 0 fully saturated rings. The number of aliphatic hydroxyl groups excluding tert-OH is 2. The van der Waals surface area contributed by atoms with Gasteiger partial charge < -0.3 is 29.1 Å². The fourth-order valence-electron chi connectivity index (χ4n) is 0.783. The summed E-state index contributed by atoms with van der Waals surface area (Å²) in [6, 6.07) is 0. The molecule has 8 heteroatoms. The van der Waals surface area contributed by atoms with E-state index < -0.39 is 32.4 Å². The van der Waals surface area contributed by atoms with Crippen LogP contribution < -0.4 is 9.79 Å². The van der Waals surface area contributed by atoms with Crippen LogP contribution >= 0.6 is 7.82 Å². The summed E-state index contributed by atoms with van der Waals surface area (Å²) in [5.74, 6) is -1.43. The van der Waals surface area contributed by atoms with Gasteiger partial charge in [-0.2, -0.15) is 0 Å². The quantitative estimate of drug-likeness (QED) is 0.503. The molecule has 0 saturated heterocycles. The summed E-state index contributed by atoms with van der Waals surface area (Å²) in [6.07, 6.45) is -3.07. The minimum atomic E-state index is -5.23. The van der Waals surface area contributed by atoms with Crippen LogP contribution in [0.5, 0.6) is 0 Å². The van der Waals surface area contributed by atoms with Crippen molar-refractivity contribution in [3.05, 3.63) is 0 Å². The summed E-state index contributed by atoms with van der Waals surface area (Å²) in [5, 5.41) is 18.4. The predicted molar refractivity (Wildman–Crippen MR) is 45.4 cm³/mol. The molecule has 2 N–H and O–H groups in total. The first kappa shape index (κ1) is 14.7. The molecule has 0 saturated carbocycles. The summed E-state index contributed by atoms with van der Waals surface area (Å²) in [7, 11) is -5.23. The van der Waals surface area contributed by atoms with Gasteiger partial charge in [0.1, 0.15) is 12.7 Å². The lowest BCUT2D eigenvalue weighted by molar-refractivity contribution is -0.341. The second kappa shape index (κ2) is 5.69. The molecule has 0 amide bonds. The Bertz CT molecular complexity index is 258. The molecule has 0 aliphatic rings. The summed E-state index contributed by atoms with van der Waals surface area (Å²) in [4.78, 5) is 31.0. The van der Waals surface area contributed by atoms with Crippen molar-refractivity contribution < 1.29 is 33.9 Å². The topological polar surface area (TPSA) is 130 Å². The molecular weight excluding hydrogens is 227 g/mol. The van der Waals surface area contributed by atoms with Gasteiger partial charge in [-0.1, -0.05) is 13.8 Å². The van der Waals surface area contributed by atoms with Gasteiger partial charge in [0.05, 0.1) is 13.9 Å². The molecule has 0 aromatic heterocycles. The second-order valence-electron chi connectivity index (χ2n) is 3.37. The van der Waals surface area contributed by atoms with Crippen molar-refractivity contribution in [2.75, 3.05) is 6.61 Å². The highest BCUT2D eigenvalue weighted by Gasteiger charge is 2.26. The van der Waals surface area contributed by atoms with Crippen molar-refractivity contribution in [2.45, 2.75) is 26.1 Å². The molecule has 0 aliphatic heterocycles. The Morgan fingerprint density at radius 1 is 1.40 bits per heavy atom. The number of carbonyl (C=O) groups is 1. The number of carbonyl (C=O) groups excluding carboxylic acids is 1. The highest BCUT2D eigenvalue weighted by atomic mass is 31.2. The van der Waals surface area contributed by atoms with E-state index in [0.717, 1.165) is 0 Å². The van der Waals surface area contributed by atoms with Crippen molar-refractivity contribution in [1.29, 1.82) is 0 Å². The van der Waals surface area contributed by atoms with Crippen molar-refractivity contribution in [1.82, 2.24) is 0 Å². The zero-order valence-corrected chi connectivity index (χ0v) is 9.22. The molecule has 0 rings (SSSR count). The Balaban J connectivity index is 4.17. The minimum absolute atomic E-state index is 0.379. The maximum absolute atomic E-state index is 11.0. The summed E-state index contributed by atoms with van der Waals surface area (Å²) >= 11 is 0. The van der Waals surface area contributed by atoms with Gasteiger partial charge in [0.25, 0.3) is 0 Å². The van der Waals surface area contributed by atoms with Gasteiger partial charge in [-0.25, -0.2) is 0 Å². The van der Waals surface area contributed by atoms with Gasteiger partial charge in [-0.05, 0) is 5.92 Å². The highest BCUT2D eigenvalue weighted by Crippen LogP contribution is 2.24. The van der Waals surface area contributed by atoms with Crippen molar-refractivity contribution in [2.24, 2.45) is 5.92 Å². The third-order valence-electron chi connectivity index (χ3n) is 1.70. The normalized spacial score (nSPS) is 16.5. The lowest BCUT2D eigenvalue weighted by Gasteiger charge is -2.29. The monoisotopic (exact) mass is 240 g/mol. The number of phosphoric acid groups is 1. The van der Waals surface area contributed by atoms with Crippen LogP contribution in [0.25, 0.3) is 0 Å². The molecule has 0 heterocycles. The molecule has 0 spiro atoms. The number of ketones is 1. The molecule has 0 aromatic carbocycles. The van der Waals surface area contributed by atoms with E-state index in [9.17, 15) is 29.4 Å². The molecule has 90 valence electrons. The fourth-order valence-corrected chi connectivity index (χ4v) is 1.07. The Hall–Kier alpha value is -0.300. The largest absolute Gasteiger partial charge is 0.790 e. The lowest BCUT2D eigenvalue weighted by atomic mass is 9.99. The first-order valence-corrected chi connectivity index (χ1v) is 5.66. The van der Waals surface area contributed by atoms with Gasteiger partial charge in [-0.3, -0.25) is 4.79 Å². The van der Waals surface area contributed by atoms with Crippen molar-refractivity contribution >= 4 is 13.6 Å². The van der Waals surface area contributed by atoms with Crippen LogP contribution in [-0.2, 0) is 13.9 Å². The van der Waals surface area contributed by atoms with Crippen LogP contribution in [0.2, 0.25) is 0 Å². The van der Waals surface area contributed by atoms with Crippen molar-refractivity contribution in [3.8, 4) is 0 Å². The van der Waals surface area contributed by atoms with E-state index in [1.165, 1.54) is 0 Å². The summed E-state index contributed by atoms with van der Waals surface area (Å²) < 4.78 is 13.7. The summed E-state index contributed by atoms with van der Waals surface area (Å²) in [6.45, 7) is 2.07. The van der Waals surface area contributed by atoms with E-state index in [1.807, 2.05) is 0 Å². The predicted octanol–water partition coefficient (Wildman–Crippen LogP) is -2.22. The first-order chi connectivity index (χ1) is 6.65. The lowest BCUT2D eigenvalue weighted by Crippen LogP contribution is -2.39. The van der Waals surface area contributed by atoms with Crippen LogP contribution in [-0.4, -0.2) is 34.8 Å². The number of hydrogen-bond acceptors (Lipinski definition) is 7. The first-order valence-electron chi connectivity index (χ1n) is 4.20. The number of hydrogen-bond donors (Lipinski definition) is 2. The molecule has 0 unspecified atom stereocenters. The van der Waals surface area contributed by atoms with E-state index in [2.05, 4.69) is 4.52 Å². The van der Waals surface area contributed by atoms with Crippen LogP contribution in [0, 0.1) is 5.92 Å². The number of phosphoric ester groups is 1. The van der Waals surface area contributed by atoms with Crippen molar-refractivity contribution in [3.63, 3.8) is 0 Å². The third kappa shape index (κ3) is 5.99. The van der Waals surface area contributed by atoms with Crippen LogP contribution in [0.4, 0.5) is 0 Å². The standard InChI is InChI=1S/C7H15O7P/c1-4(2)6(9)7(10)5(8)3-14-15(11,12)13/h4,6-7,9-10H,3H2,1-2H3,(H2,11,12,13)/p-2/t6-,7+/m1/s1. The second-order valence-corrected chi connectivity index (χ2v) is 4.52. The SMILES string of the molecule is CC(C)[C@@H](O)[C@@H](O)C(=O)COP(=O)([O-])[O-]. The van der Waals surface area contributed by atoms with E-state index in [0.29, 0.717) is 0 Å². The average Bonchev–Trinajstić information content (AvgIpc) is 2.10. The van der Waals surface area contributed by atoms with E-state index in [1.54, 1.807) is 13.8 Å². The number of aliphatic hydroxyl groups is 2. The maximum atomic E-state index is 11.0. The van der Waals surface area contributed by atoms with Crippen LogP contribution in [0.15, 0.2) is 0 Å².